The van der Waals surface area contributed by atoms with Gasteiger partial charge in [0.05, 0.1) is 35.2 Å². The summed E-state index contributed by atoms with van der Waals surface area (Å²) in [6.07, 6.45) is 2.25. The van der Waals surface area contributed by atoms with Gasteiger partial charge >= 0.3 is 0 Å². The average Bonchev–Trinajstić information content (AvgIpc) is 2.74. The van der Waals surface area contributed by atoms with Gasteiger partial charge < -0.3 is 4.74 Å². The number of aromatic nitrogens is 3. The molecule has 0 aliphatic carbocycles. The molecule has 4 rings (SSSR count). The molecule has 28 heavy (non-hydrogen) atoms. The molecule has 0 aliphatic heterocycles. The van der Waals surface area contributed by atoms with Crippen LogP contribution in [0.4, 0.5) is 0 Å². The standard InChI is InChI=1S/C22H15ClN4O/c1-28-21-8-6-14(11-18(21)23)12-20-17-10-15(13-24)5-7-16(17)22(27-26-20)19-4-2-3-9-25-19/h2-11H,12H2,1H3. The number of hydrogen-bond donors (Lipinski definition) is 0. The van der Waals surface area contributed by atoms with Gasteiger partial charge in [0.1, 0.15) is 11.4 Å². The molecular formula is C22H15ClN4O. The maximum absolute atomic E-state index is 9.33. The minimum absolute atomic E-state index is 0.532. The Labute approximate surface area is 167 Å². The summed E-state index contributed by atoms with van der Waals surface area (Å²) in [5.74, 6) is 0.624. The second-order valence-electron chi connectivity index (χ2n) is 6.23. The number of hydrogen-bond acceptors (Lipinski definition) is 5. The molecule has 0 saturated carbocycles. The van der Waals surface area contributed by atoms with Crippen LogP contribution in [0.25, 0.3) is 22.2 Å². The number of halogens is 1. The van der Waals surface area contributed by atoms with Crippen molar-refractivity contribution in [2.24, 2.45) is 0 Å². The van der Waals surface area contributed by atoms with Crippen LogP contribution >= 0.6 is 11.6 Å². The number of fused-ring (bicyclic) bond motifs is 1. The molecule has 2 aromatic carbocycles. The first-order valence-electron chi connectivity index (χ1n) is 8.63. The summed E-state index contributed by atoms with van der Waals surface area (Å²) < 4.78 is 5.21. The third-order valence-corrected chi connectivity index (χ3v) is 4.78. The summed E-state index contributed by atoms with van der Waals surface area (Å²) in [4.78, 5) is 4.39. The third kappa shape index (κ3) is 3.38. The number of nitrogens with zero attached hydrogens (tertiary/aromatic N) is 4. The van der Waals surface area contributed by atoms with Crippen molar-refractivity contribution in [3.8, 4) is 23.2 Å². The number of nitriles is 1. The zero-order valence-corrected chi connectivity index (χ0v) is 15.8. The summed E-state index contributed by atoms with van der Waals surface area (Å²) in [5.41, 5.74) is 3.75. The van der Waals surface area contributed by atoms with E-state index in [-0.39, 0.29) is 0 Å². The molecule has 0 aliphatic rings. The van der Waals surface area contributed by atoms with Crippen molar-refractivity contribution in [2.45, 2.75) is 6.42 Å². The maximum atomic E-state index is 9.33. The predicted molar refractivity (Wildman–Crippen MR) is 108 cm³/mol. The monoisotopic (exact) mass is 386 g/mol. The molecule has 0 bridgehead atoms. The van der Waals surface area contributed by atoms with E-state index < -0.39 is 0 Å². The molecular weight excluding hydrogens is 372 g/mol. The Balaban J connectivity index is 1.85. The smallest absolute Gasteiger partial charge is 0.137 e. The Morgan fingerprint density at radius 2 is 1.93 bits per heavy atom. The Morgan fingerprint density at radius 3 is 2.64 bits per heavy atom. The lowest BCUT2D eigenvalue weighted by molar-refractivity contribution is 0.415. The summed E-state index contributed by atoms with van der Waals surface area (Å²) >= 11 is 6.25. The molecule has 6 heteroatoms. The first-order chi connectivity index (χ1) is 13.7. The number of methoxy groups -OCH3 is 1. The van der Waals surface area contributed by atoms with Crippen molar-refractivity contribution in [2.75, 3.05) is 7.11 Å². The lowest BCUT2D eigenvalue weighted by atomic mass is 10.00. The molecule has 0 atom stereocenters. The highest BCUT2D eigenvalue weighted by molar-refractivity contribution is 6.32. The lowest BCUT2D eigenvalue weighted by Crippen LogP contribution is -2.01. The van der Waals surface area contributed by atoms with E-state index in [2.05, 4.69) is 21.3 Å². The highest BCUT2D eigenvalue weighted by Gasteiger charge is 2.14. The predicted octanol–water partition coefficient (Wildman–Crippen LogP) is 4.82. The van der Waals surface area contributed by atoms with Crippen molar-refractivity contribution in [1.82, 2.24) is 15.2 Å². The second-order valence-corrected chi connectivity index (χ2v) is 6.64. The van der Waals surface area contributed by atoms with E-state index in [4.69, 9.17) is 16.3 Å². The van der Waals surface area contributed by atoms with Crippen molar-refractivity contribution in [3.63, 3.8) is 0 Å². The fraction of sp³-hybridized carbons (Fsp3) is 0.0909. The molecule has 136 valence electrons. The molecule has 0 saturated heterocycles. The molecule has 0 radical (unpaired) electrons. The van der Waals surface area contributed by atoms with Gasteiger partial charge in [-0.25, -0.2) is 0 Å². The van der Waals surface area contributed by atoms with Gasteiger partial charge in [-0.3, -0.25) is 4.98 Å². The van der Waals surface area contributed by atoms with Gasteiger partial charge in [0.2, 0.25) is 0 Å². The SMILES string of the molecule is COc1ccc(Cc2nnc(-c3ccccn3)c3ccc(C#N)cc23)cc1Cl. The van der Waals surface area contributed by atoms with Crippen LogP contribution in [0.15, 0.2) is 60.8 Å². The number of pyridine rings is 1. The Morgan fingerprint density at radius 1 is 1.04 bits per heavy atom. The van der Waals surface area contributed by atoms with E-state index in [1.807, 2.05) is 48.5 Å². The molecule has 5 nitrogen and oxygen atoms in total. The second kappa shape index (κ2) is 7.63. The zero-order chi connectivity index (χ0) is 19.5. The van der Waals surface area contributed by atoms with Gasteiger partial charge in [-0.15, -0.1) is 5.10 Å². The van der Waals surface area contributed by atoms with Gasteiger partial charge in [-0.1, -0.05) is 29.8 Å². The molecule has 0 spiro atoms. The summed E-state index contributed by atoms with van der Waals surface area (Å²) in [5, 5.41) is 20.5. The van der Waals surface area contributed by atoms with Crippen LogP contribution in [-0.4, -0.2) is 22.3 Å². The normalized spacial score (nSPS) is 10.6. The maximum Gasteiger partial charge on any atom is 0.137 e. The lowest BCUT2D eigenvalue weighted by Gasteiger charge is -2.10. The largest absolute Gasteiger partial charge is 0.495 e. The van der Waals surface area contributed by atoms with Crippen molar-refractivity contribution < 1.29 is 4.74 Å². The first-order valence-corrected chi connectivity index (χ1v) is 9.00. The summed E-state index contributed by atoms with van der Waals surface area (Å²) in [6, 6.07) is 19.0. The minimum Gasteiger partial charge on any atom is -0.495 e. The average molecular weight is 387 g/mol. The van der Waals surface area contributed by atoms with Gasteiger partial charge in [-0.05, 0) is 42.0 Å². The van der Waals surface area contributed by atoms with Crippen LogP contribution in [-0.2, 0) is 6.42 Å². The van der Waals surface area contributed by atoms with Crippen LogP contribution in [0.2, 0.25) is 5.02 Å². The number of ether oxygens (including phenoxy) is 1. The molecule has 0 N–H and O–H groups in total. The highest BCUT2D eigenvalue weighted by Crippen LogP contribution is 2.30. The summed E-state index contributed by atoms with van der Waals surface area (Å²) in [7, 11) is 1.58. The molecule has 0 amide bonds. The Hall–Kier alpha value is -3.49. The Kier molecular flexibility index (Phi) is 4.88. The van der Waals surface area contributed by atoms with E-state index in [1.54, 1.807) is 19.4 Å². The minimum atomic E-state index is 0.532. The van der Waals surface area contributed by atoms with Gasteiger partial charge in [0.15, 0.2) is 0 Å². The summed E-state index contributed by atoms with van der Waals surface area (Å²) in [6.45, 7) is 0. The zero-order valence-electron chi connectivity index (χ0n) is 15.1. The Bertz CT molecular complexity index is 1200. The molecule has 0 fully saturated rings. The van der Waals surface area contributed by atoms with Crippen LogP contribution < -0.4 is 4.74 Å². The fourth-order valence-corrected chi connectivity index (χ4v) is 3.39. The van der Waals surface area contributed by atoms with E-state index in [0.717, 1.165) is 27.7 Å². The van der Waals surface area contributed by atoms with Crippen molar-refractivity contribution in [3.05, 3.63) is 82.6 Å². The number of rotatable bonds is 4. The third-order valence-electron chi connectivity index (χ3n) is 4.48. The molecule has 2 heterocycles. The van der Waals surface area contributed by atoms with E-state index in [1.165, 1.54) is 0 Å². The highest BCUT2D eigenvalue weighted by atomic mass is 35.5. The number of benzene rings is 2. The van der Waals surface area contributed by atoms with Crippen LogP contribution in [0, 0.1) is 11.3 Å². The van der Waals surface area contributed by atoms with Crippen LogP contribution in [0.5, 0.6) is 5.75 Å². The van der Waals surface area contributed by atoms with Crippen molar-refractivity contribution in [1.29, 1.82) is 5.26 Å². The van der Waals surface area contributed by atoms with Crippen LogP contribution in [0.3, 0.4) is 0 Å². The quantitative estimate of drug-likeness (QED) is 0.503. The van der Waals surface area contributed by atoms with Gasteiger partial charge in [0, 0.05) is 23.4 Å². The fourth-order valence-electron chi connectivity index (χ4n) is 3.11. The van der Waals surface area contributed by atoms with Crippen molar-refractivity contribution >= 4 is 22.4 Å². The molecule has 4 aromatic rings. The van der Waals surface area contributed by atoms with Gasteiger partial charge in [-0.2, -0.15) is 10.4 Å². The molecule has 0 unspecified atom stereocenters. The van der Waals surface area contributed by atoms with E-state index in [9.17, 15) is 5.26 Å². The molecule has 2 aromatic heterocycles. The van der Waals surface area contributed by atoms with Crippen LogP contribution in [0.1, 0.15) is 16.8 Å². The van der Waals surface area contributed by atoms with Gasteiger partial charge in [0.25, 0.3) is 0 Å². The first kappa shape index (κ1) is 17.9. The van der Waals surface area contributed by atoms with E-state index in [0.29, 0.717) is 28.5 Å². The topological polar surface area (TPSA) is 71.7 Å². The van der Waals surface area contributed by atoms with E-state index >= 15 is 0 Å².